The third-order valence-corrected chi connectivity index (χ3v) is 12.4. The number of furan rings is 1. The number of thiophene rings is 1. The summed E-state index contributed by atoms with van der Waals surface area (Å²) in [5.74, 6) is 0. The second kappa shape index (κ2) is 10.9. The van der Waals surface area contributed by atoms with Crippen molar-refractivity contribution in [3.8, 4) is 22.3 Å². The largest absolute Gasteiger partial charge is 0.456 e. The van der Waals surface area contributed by atoms with Crippen LogP contribution in [0.2, 0.25) is 0 Å². The Morgan fingerprint density at radius 3 is 2.06 bits per heavy atom. The molecule has 1 aliphatic carbocycles. The number of fused-ring (bicyclic) bond motifs is 11. The number of rotatable bonds is 4. The van der Waals surface area contributed by atoms with Crippen LogP contribution in [-0.4, -0.2) is 0 Å². The highest BCUT2D eigenvalue weighted by molar-refractivity contribution is 7.25. The zero-order chi connectivity index (χ0) is 34.6. The van der Waals surface area contributed by atoms with E-state index in [0.717, 1.165) is 33.6 Å². The van der Waals surface area contributed by atoms with Crippen LogP contribution in [0.3, 0.4) is 0 Å². The Kier molecular flexibility index (Phi) is 6.21. The van der Waals surface area contributed by atoms with Crippen molar-refractivity contribution in [1.82, 2.24) is 0 Å². The van der Waals surface area contributed by atoms with Crippen molar-refractivity contribution in [1.29, 1.82) is 0 Å². The van der Waals surface area contributed by atoms with Crippen molar-refractivity contribution in [2.24, 2.45) is 0 Å². The molecule has 0 amide bonds. The van der Waals surface area contributed by atoms with Crippen LogP contribution in [0.15, 0.2) is 168 Å². The molecule has 2 aromatic heterocycles. The molecule has 2 nitrogen and oxygen atoms in total. The Hall–Kier alpha value is -6.16. The van der Waals surface area contributed by atoms with Crippen molar-refractivity contribution in [3.63, 3.8) is 0 Å². The molecule has 1 aliphatic rings. The van der Waals surface area contributed by atoms with Gasteiger partial charge >= 0.3 is 0 Å². The molecular formula is C49H33NOS. The molecule has 10 aromatic rings. The normalized spacial score (nSPS) is 13.3. The van der Waals surface area contributed by atoms with Crippen molar-refractivity contribution in [2.75, 3.05) is 4.90 Å². The molecule has 246 valence electrons. The van der Waals surface area contributed by atoms with Crippen LogP contribution in [0.5, 0.6) is 0 Å². The fourth-order valence-corrected chi connectivity index (χ4v) is 9.77. The van der Waals surface area contributed by atoms with Crippen LogP contribution in [0.25, 0.3) is 75.1 Å². The summed E-state index contributed by atoms with van der Waals surface area (Å²) < 4.78 is 8.80. The van der Waals surface area contributed by atoms with Gasteiger partial charge in [-0.2, -0.15) is 0 Å². The highest BCUT2D eigenvalue weighted by atomic mass is 32.1. The van der Waals surface area contributed by atoms with E-state index in [4.69, 9.17) is 4.42 Å². The SMILES string of the molecule is CC1(C)c2ccccc2-c2cc(N(c3ccc(-c4ccc5c(ccc6oc7ccccc7c65)c4)cc3)c3ccc4sc5ccccc5c4c3)ccc21. The number of hydrogen-bond acceptors (Lipinski definition) is 3. The van der Waals surface area contributed by atoms with E-state index >= 15 is 0 Å². The third-order valence-electron chi connectivity index (χ3n) is 11.3. The first kappa shape index (κ1) is 29.6. The summed E-state index contributed by atoms with van der Waals surface area (Å²) >= 11 is 1.86. The van der Waals surface area contributed by atoms with Gasteiger partial charge in [0.2, 0.25) is 0 Å². The van der Waals surface area contributed by atoms with Gasteiger partial charge in [0.15, 0.2) is 0 Å². The van der Waals surface area contributed by atoms with E-state index in [1.54, 1.807) is 0 Å². The van der Waals surface area contributed by atoms with E-state index in [1.807, 2.05) is 23.5 Å². The summed E-state index contributed by atoms with van der Waals surface area (Å²) in [5.41, 5.74) is 13.0. The van der Waals surface area contributed by atoms with Crippen LogP contribution in [0.1, 0.15) is 25.0 Å². The molecule has 0 fully saturated rings. The van der Waals surface area contributed by atoms with Crippen LogP contribution < -0.4 is 4.90 Å². The van der Waals surface area contributed by atoms with Crippen molar-refractivity contribution < 1.29 is 4.42 Å². The quantitative estimate of drug-likeness (QED) is 0.184. The topological polar surface area (TPSA) is 16.4 Å². The molecule has 0 radical (unpaired) electrons. The third kappa shape index (κ3) is 4.30. The number of hydrogen-bond donors (Lipinski definition) is 0. The first-order valence-corrected chi connectivity index (χ1v) is 18.7. The minimum atomic E-state index is -0.0399. The Bertz CT molecular complexity index is 3050. The van der Waals surface area contributed by atoms with E-state index in [9.17, 15) is 0 Å². The zero-order valence-corrected chi connectivity index (χ0v) is 29.7. The average Bonchev–Trinajstić information content (AvgIpc) is 3.83. The fourth-order valence-electron chi connectivity index (χ4n) is 8.68. The van der Waals surface area contributed by atoms with Gasteiger partial charge in [0.25, 0.3) is 0 Å². The maximum absolute atomic E-state index is 6.17. The summed E-state index contributed by atoms with van der Waals surface area (Å²) in [6, 6.07) is 60.1. The molecule has 0 atom stereocenters. The van der Waals surface area contributed by atoms with E-state index < -0.39 is 0 Å². The van der Waals surface area contributed by atoms with E-state index in [0.29, 0.717) is 0 Å². The molecule has 52 heavy (non-hydrogen) atoms. The number of para-hydroxylation sites is 1. The van der Waals surface area contributed by atoms with Gasteiger partial charge in [-0.15, -0.1) is 11.3 Å². The van der Waals surface area contributed by atoms with Crippen molar-refractivity contribution in [3.05, 3.63) is 175 Å². The smallest absolute Gasteiger partial charge is 0.136 e. The molecule has 0 N–H and O–H groups in total. The van der Waals surface area contributed by atoms with Crippen LogP contribution in [0, 0.1) is 0 Å². The molecule has 3 heteroatoms. The first-order chi connectivity index (χ1) is 25.5. The molecule has 0 saturated heterocycles. The van der Waals surface area contributed by atoms with E-state index in [-0.39, 0.29) is 5.41 Å². The average molecular weight is 684 g/mol. The van der Waals surface area contributed by atoms with Gasteiger partial charge in [0.05, 0.1) is 0 Å². The van der Waals surface area contributed by atoms with Gasteiger partial charge in [0, 0.05) is 53.4 Å². The first-order valence-electron chi connectivity index (χ1n) is 17.9. The summed E-state index contributed by atoms with van der Waals surface area (Å²) in [4.78, 5) is 2.42. The minimum Gasteiger partial charge on any atom is -0.456 e. The van der Waals surface area contributed by atoms with Gasteiger partial charge < -0.3 is 9.32 Å². The number of anilines is 3. The van der Waals surface area contributed by atoms with Crippen LogP contribution in [-0.2, 0) is 5.41 Å². The Morgan fingerprint density at radius 1 is 0.462 bits per heavy atom. The maximum atomic E-state index is 6.17. The predicted octanol–water partition coefficient (Wildman–Crippen LogP) is 14.6. The zero-order valence-electron chi connectivity index (χ0n) is 28.9. The molecule has 8 aromatic carbocycles. The minimum absolute atomic E-state index is 0.0399. The van der Waals surface area contributed by atoms with Gasteiger partial charge in [0.1, 0.15) is 11.2 Å². The van der Waals surface area contributed by atoms with Crippen LogP contribution >= 0.6 is 11.3 Å². The standard InChI is InChI=1S/C49H33NOS/c1-49(2)42-12-6-3-9-37(42)40-28-34(21-24-43(40)49)50(35-22-26-47-41(29-35)38-10-5-8-14-46(38)52-47)33-19-15-30(16-20-33)31-17-23-36-32(27-31)18-25-45-48(36)39-11-4-7-13-44(39)51-45/h3-29H,1-2H3. The highest BCUT2D eigenvalue weighted by Crippen LogP contribution is 2.51. The summed E-state index contributed by atoms with van der Waals surface area (Å²) in [6.07, 6.45) is 0. The molecule has 0 unspecified atom stereocenters. The van der Waals surface area contributed by atoms with E-state index in [2.05, 4.69) is 170 Å². The second-order valence-corrected chi connectivity index (χ2v) is 15.6. The van der Waals surface area contributed by atoms with Gasteiger partial charge in [-0.3, -0.25) is 0 Å². The maximum Gasteiger partial charge on any atom is 0.136 e. The second-order valence-electron chi connectivity index (χ2n) is 14.5. The fraction of sp³-hybridized carbons (Fsp3) is 0.0612. The summed E-state index contributed by atoms with van der Waals surface area (Å²) in [6.45, 7) is 4.69. The van der Waals surface area contributed by atoms with Gasteiger partial charge in [-0.1, -0.05) is 111 Å². The lowest BCUT2D eigenvalue weighted by Crippen LogP contribution is -2.15. The number of benzene rings is 8. The molecule has 0 bridgehead atoms. The lowest BCUT2D eigenvalue weighted by atomic mass is 9.82. The van der Waals surface area contributed by atoms with Gasteiger partial charge in [-0.25, -0.2) is 0 Å². The Labute approximate surface area is 305 Å². The number of nitrogens with zero attached hydrogens (tertiary/aromatic N) is 1. The highest BCUT2D eigenvalue weighted by Gasteiger charge is 2.35. The molecule has 2 heterocycles. The molecule has 11 rings (SSSR count). The molecule has 0 saturated carbocycles. The van der Waals surface area contributed by atoms with Crippen molar-refractivity contribution in [2.45, 2.75) is 19.3 Å². The molecular weight excluding hydrogens is 651 g/mol. The van der Waals surface area contributed by atoms with Crippen LogP contribution in [0.4, 0.5) is 17.1 Å². The predicted molar refractivity (Wildman–Crippen MR) is 222 cm³/mol. The monoisotopic (exact) mass is 683 g/mol. The molecule has 0 spiro atoms. The van der Waals surface area contributed by atoms with Crippen molar-refractivity contribution >= 4 is 81.3 Å². The Balaban J connectivity index is 1.05. The molecule has 0 aliphatic heterocycles. The lowest BCUT2D eigenvalue weighted by Gasteiger charge is -2.27. The van der Waals surface area contributed by atoms with Gasteiger partial charge in [-0.05, 0) is 111 Å². The summed E-state index contributed by atoms with van der Waals surface area (Å²) in [5, 5.41) is 7.37. The lowest BCUT2D eigenvalue weighted by molar-refractivity contribution is 0.660. The summed E-state index contributed by atoms with van der Waals surface area (Å²) in [7, 11) is 0. The Morgan fingerprint density at radius 2 is 1.15 bits per heavy atom. The van der Waals surface area contributed by atoms with E-state index in [1.165, 1.54) is 69.7 Å².